The first-order valence-corrected chi connectivity index (χ1v) is 6.48. The minimum Gasteiger partial charge on any atom is -0.325 e. The van der Waals surface area contributed by atoms with Gasteiger partial charge in [0.2, 0.25) is 5.91 Å². The molecule has 0 saturated heterocycles. The van der Waals surface area contributed by atoms with Gasteiger partial charge in [0.05, 0.1) is 21.5 Å². The number of hydrogen-bond acceptors (Lipinski definition) is 4. The molecule has 1 amide bonds. The molecule has 2 aromatic rings. The normalized spacial score (nSPS) is 10.1. The second-order valence-electron chi connectivity index (χ2n) is 4.01. The highest BCUT2D eigenvalue weighted by atomic mass is 79.9. The van der Waals surface area contributed by atoms with Crippen molar-refractivity contribution >= 4 is 33.2 Å². The quantitative estimate of drug-likeness (QED) is 0.687. The molecule has 6 nitrogen and oxygen atoms in total. The molecule has 7 heteroatoms. The van der Waals surface area contributed by atoms with Crippen molar-refractivity contribution in [3.05, 3.63) is 62.9 Å². The van der Waals surface area contributed by atoms with Crippen molar-refractivity contribution in [3.63, 3.8) is 0 Å². The Balaban J connectivity index is 2.07. The molecule has 0 aliphatic heterocycles. The van der Waals surface area contributed by atoms with Crippen molar-refractivity contribution in [2.24, 2.45) is 0 Å². The first-order chi connectivity index (χ1) is 9.56. The largest absolute Gasteiger partial charge is 0.325 e. The third kappa shape index (κ3) is 3.61. The SMILES string of the molecule is O=C(Cc1cccc([N+](=O)[O-])c1)Nc1ccncc1Br. The molecule has 0 spiro atoms. The summed E-state index contributed by atoms with van der Waals surface area (Å²) in [5, 5.41) is 13.4. The average molecular weight is 336 g/mol. The molecule has 1 heterocycles. The number of pyridine rings is 1. The third-order valence-electron chi connectivity index (χ3n) is 2.53. The van der Waals surface area contributed by atoms with E-state index in [2.05, 4.69) is 26.2 Å². The maximum atomic E-state index is 11.9. The van der Waals surface area contributed by atoms with Gasteiger partial charge in [-0.25, -0.2) is 0 Å². The van der Waals surface area contributed by atoms with Crippen LogP contribution in [0.1, 0.15) is 5.56 Å². The maximum absolute atomic E-state index is 11.9. The molecular weight excluding hydrogens is 326 g/mol. The molecule has 0 bridgehead atoms. The van der Waals surface area contributed by atoms with Crippen LogP contribution in [0.5, 0.6) is 0 Å². The van der Waals surface area contributed by atoms with Crippen LogP contribution >= 0.6 is 15.9 Å². The topological polar surface area (TPSA) is 85.1 Å². The summed E-state index contributed by atoms with van der Waals surface area (Å²) in [6.45, 7) is 0. The van der Waals surface area contributed by atoms with Gasteiger partial charge in [-0.3, -0.25) is 19.9 Å². The number of halogens is 1. The molecular formula is C13H10BrN3O3. The summed E-state index contributed by atoms with van der Waals surface area (Å²) >= 11 is 3.27. The Morgan fingerprint density at radius 2 is 2.20 bits per heavy atom. The van der Waals surface area contributed by atoms with Crippen LogP contribution in [0.15, 0.2) is 47.2 Å². The number of amides is 1. The number of nitrogens with zero attached hydrogens (tertiary/aromatic N) is 2. The number of aromatic nitrogens is 1. The van der Waals surface area contributed by atoms with Crippen LogP contribution in [0.3, 0.4) is 0 Å². The molecule has 1 N–H and O–H groups in total. The number of nitro groups is 1. The van der Waals surface area contributed by atoms with Crippen LogP contribution in [0.2, 0.25) is 0 Å². The Morgan fingerprint density at radius 3 is 2.90 bits per heavy atom. The van der Waals surface area contributed by atoms with Crippen molar-refractivity contribution in [1.29, 1.82) is 0 Å². The van der Waals surface area contributed by atoms with Crippen LogP contribution in [-0.4, -0.2) is 15.8 Å². The van der Waals surface area contributed by atoms with E-state index in [4.69, 9.17) is 0 Å². The smallest absolute Gasteiger partial charge is 0.269 e. The first-order valence-electron chi connectivity index (χ1n) is 5.69. The van der Waals surface area contributed by atoms with Gasteiger partial charge in [-0.1, -0.05) is 12.1 Å². The lowest BCUT2D eigenvalue weighted by Gasteiger charge is -2.06. The number of nitrogens with one attached hydrogen (secondary N) is 1. The maximum Gasteiger partial charge on any atom is 0.269 e. The fourth-order valence-corrected chi connectivity index (χ4v) is 1.99. The van der Waals surface area contributed by atoms with E-state index in [1.165, 1.54) is 12.1 Å². The molecule has 20 heavy (non-hydrogen) atoms. The molecule has 2 rings (SSSR count). The number of rotatable bonds is 4. The molecule has 102 valence electrons. The van der Waals surface area contributed by atoms with Gasteiger partial charge in [-0.2, -0.15) is 0 Å². The zero-order valence-corrected chi connectivity index (χ0v) is 11.8. The Bertz CT molecular complexity index is 661. The highest BCUT2D eigenvalue weighted by Crippen LogP contribution is 2.20. The lowest BCUT2D eigenvalue weighted by Crippen LogP contribution is -2.14. The number of hydrogen-bond donors (Lipinski definition) is 1. The van der Waals surface area contributed by atoms with E-state index >= 15 is 0 Å². The third-order valence-corrected chi connectivity index (χ3v) is 3.16. The van der Waals surface area contributed by atoms with Crippen LogP contribution < -0.4 is 5.32 Å². The highest BCUT2D eigenvalue weighted by Gasteiger charge is 2.10. The van der Waals surface area contributed by atoms with Gasteiger partial charge < -0.3 is 5.32 Å². The molecule has 0 aliphatic carbocycles. The fraction of sp³-hybridized carbons (Fsp3) is 0.0769. The number of carbonyl (C=O) groups is 1. The molecule has 0 radical (unpaired) electrons. The van der Waals surface area contributed by atoms with Gasteiger partial charge in [-0.15, -0.1) is 0 Å². The highest BCUT2D eigenvalue weighted by molar-refractivity contribution is 9.10. The molecule has 0 fully saturated rings. The summed E-state index contributed by atoms with van der Waals surface area (Å²) in [6, 6.07) is 7.68. The van der Waals surface area contributed by atoms with E-state index in [0.29, 0.717) is 15.7 Å². The summed E-state index contributed by atoms with van der Waals surface area (Å²) in [5.74, 6) is -0.252. The van der Waals surface area contributed by atoms with E-state index in [9.17, 15) is 14.9 Å². The molecule has 0 aliphatic rings. The van der Waals surface area contributed by atoms with Crippen LogP contribution in [0.25, 0.3) is 0 Å². The predicted molar refractivity (Wildman–Crippen MR) is 77.4 cm³/mol. The van der Waals surface area contributed by atoms with E-state index in [-0.39, 0.29) is 18.0 Å². The van der Waals surface area contributed by atoms with Crippen molar-refractivity contribution in [1.82, 2.24) is 4.98 Å². The summed E-state index contributed by atoms with van der Waals surface area (Å²) < 4.78 is 0.674. The number of non-ortho nitro benzene ring substituents is 1. The summed E-state index contributed by atoms with van der Waals surface area (Å²) in [7, 11) is 0. The number of nitro benzene ring substituents is 1. The van der Waals surface area contributed by atoms with E-state index in [0.717, 1.165) is 0 Å². The fourth-order valence-electron chi connectivity index (χ4n) is 1.64. The van der Waals surface area contributed by atoms with Crippen molar-refractivity contribution in [2.45, 2.75) is 6.42 Å². The number of anilines is 1. The number of benzene rings is 1. The van der Waals surface area contributed by atoms with Gasteiger partial charge in [0.15, 0.2) is 0 Å². The van der Waals surface area contributed by atoms with Crippen molar-refractivity contribution in [2.75, 3.05) is 5.32 Å². The lowest BCUT2D eigenvalue weighted by atomic mass is 10.1. The monoisotopic (exact) mass is 335 g/mol. The molecule has 1 aromatic heterocycles. The second kappa shape index (κ2) is 6.25. The summed E-state index contributed by atoms with van der Waals surface area (Å²) in [5.41, 5.74) is 1.16. The summed E-state index contributed by atoms with van der Waals surface area (Å²) in [4.78, 5) is 26.0. The van der Waals surface area contributed by atoms with E-state index in [1.807, 2.05) is 0 Å². The van der Waals surface area contributed by atoms with Gasteiger partial charge in [-0.05, 0) is 27.6 Å². The molecule has 0 unspecified atom stereocenters. The molecule has 1 aromatic carbocycles. The summed E-state index contributed by atoms with van der Waals surface area (Å²) in [6.07, 6.45) is 3.20. The van der Waals surface area contributed by atoms with Gasteiger partial charge in [0.1, 0.15) is 0 Å². The lowest BCUT2D eigenvalue weighted by molar-refractivity contribution is -0.384. The Morgan fingerprint density at radius 1 is 1.40 bits per heavy atom. The standard InChI is InChI=1S/C13H10BrN3O3/c14-11-8-15-5-4-12(11)16-13(18)7-9-2-1-3-10(6-9)17(19)20/h1-6,8H,7H2,(H,15,16,18). The van der Waals surface area contributed by atoms with Crippen molar-refractivity contribution < 1.29 is 9.72 Å². The van der Waals surface area contributed by atoms with Gasteiger partial charge >= 0.3 is 0 Å². The van der Waals surface area contributed by atoms with Crippen molar-refractivity contribution in [3.8, 4) is 0 Å². The van der Waals surface area contributed by atoms with Gasteiger partial charge in [0.25, 0.3) is 5.69 Å². The minimum atomic E-state index is -0.485. The Labute approximate surface area is 123 Å². The Hall–Kier alpha value is -2.28. The number of carbonyl (C=O) groups excluding carboxylic acids is 1. The zero-order valence-electron chi connectivity index (χ0n) is 10.2. The van der Waals surface area contributed by atoms with E-state index < -0.39 is 4.92 Å². The Kier molecular flexibility index (Phi) is 4.41. The zero-order chi connectivity index (χ0) is 14.5. The van der Waals surface area contributed by atoms with Crippen LogP contribution in [0, 0.1) is 10.1 Å². The molecule has 0 atom stereocenters. The minimum absolute atomic E-state index is 0.0274. The average Bonchev–Trinajstić information content (AvgIpc) is 2.41. The predicted octanol–water partition coefficient (Wildman–Crippen LogP) is 2.93. The second-order valence-corrected chi connectivity index (χ2v) is 4.86. The van der Waals surface area contributed by atoms with Crippen LogP contribution in [0.4, 0.5) is 11.4 Å². The van der Waals surface area contributed by atoms with Crippen LogP contribution in [-0.2, 0) is 11.2 Å². The van der Waals surface area contributed by atoms with Gasteiger partial charge in [0, 0.05) is 24.5 Å². The molecule has 0 saturated carbocycles. The van der Waals surface area contributed by atoms with E-state index in [1.54, 1.807) is 30.6 Å². The first kappa shape index (κ1) is 14.1.